The number of pyridine rings is 1. The van der Waals surface area contributed by atoms with Gasteiger partial charge in [-0.3, -0.25) is 4.79 Å². The highest BCUT2D eigenvalue weighted by Gasteiger charge is 2.10. The van der Waals surface area contributed by atoms with Crippen LogP contribution in [0.4, 0.5) is 5.69 Å². The van der Waals surface area contributed by atoms with Gasteiger partial charge in [0, 0.05) is 22.8 Å². The number of aromatic nitrogens is 2. The Hall–Kier alpha value is -3.77. The number of ether oxygens (including phenoxy) is 1. The van der Waals surface area contributed by atoms with Gasteiger partial charge >= 0.3 is 0 Å². The maximum Gasteiger partial charge on any atom is 0.262 e. The normalized spacial score (nSPS) is 10.9. The van der Waals surface area contributed by atoms with E-state index in [0.717, 1.165) is 31.7 Å². The smallest absolute Gasteiger partial charge is 0.262 e. The quantitative estimate of drug-likeness (QED) is 0.413. The van der Waals surface area contributed by atoms with E-state index >= 15 is 0 Å². The van der Waals surface area contributed by atoms with E-state index in [0.29, 0.717) is 11.4 Å². The number of anilines is 1. The van der Waals surface area contributed by atoms with Crippen LogP contribution in [0.3, 0.4) is 0 Å². The molecule has 0 aliphatic heterocycles. The molecule has 30 heavy (non-hydrogen) atoms. The SMILES string of the molecule is O=C(COc1cccc2ccccc12)Nc1cccc(-c2nc3cccnc3s2)c1. The second-order valence-electron chi connectivity index (χ2n) is 6.74. The highest BCUT2D eigenvalue weighted by atomic mass is 32.1. The second-order valence-corrected chi connectivity index (χ2v) is 7.72. The van der Waals surface area contributed by atoms with E-state index in [2.05, 4.69) is 15.3 Å². The summed E-state index contributed by atoms with van der Waals surface area (Å²) < 4.78 is 5.78. The van der Waals surface area contributed by atoms with Crippen molar-refractivity contribution in [3.05, 3.63) is 85.1 Å². The Morgan fingerprint density at radius 2 is 1.83 bits per heavy atom. The molecule has 146 valence electrons. The van der Waals surface area contributed by atoms with E-state index in [1.54, 1.807) is 6.20 Å². The van der Waals surface area contributed by atoms with Gasteiger partial charge in [0.15, 0.2) is 6.61 Å². The van der Waals surface area contributed by atoms with Crippen LogP contribution in [0.15, 0.2) is 85.1 Å². The molecule has 0 saturated carbocycles. The minimum Gasteiger partial charge on any atom is -0.483 e. The van der Waals surface area contributed by atoms with Crippen molar-refractivity contribution in [2.45, 2.75) is 0 Å². The van der Waals surface area contributed by atoms with Crippen LogP contribution >= 0.6 is 11.3 Å². The first-order valence-electron chi connectivity index (χ1n) is 9.49. The predicted octanol–water partition coefficient (Wildman–Crippen LogP) is 5.53. The van der Waals surface area contributed by atoms with E-state index in [1.165, 1.54) is 11.3 Å². The summed E-state index contributed by atoms with van der Waals surface area (Å²) in [4.78, 5) is 22.3. The number of hydrogen-bond donors (Lipinski definition) is 1. The van der Waals surface area contributed by atoms with Crippen molar-refractivity contribution in [3.63, 3.8) is 0 Å². The lowest BCUT2D eigenvalue weighted by Gasteiger charge is -2.10. The summed E-state index contributed by atoms with van der Waals surface area (Å²) in [5, 5.41) is 5.83. The standard InChI is InChI=1S/C24H17N3O2S/c28-22(15-29-21-12-4-7-16-6-1-2-10-19(16)21)26-18-9-3-8-17(14-18)23-27-20-11-5-13-25-24(20)30-23/h1-14H,15H2,(H,26,28). The minimum atomic E-state index is -0.217. The number of nitrogens with zero attached hydrogens (tertiary/aromatic N) is 2. The van der Waals surface area contributed by atoms with Crippen LogP contribution in [0.2, 0.25) is 0 Å². The molecule has 0 bridgehead atoms. The van der Waals surface area contributed by atoms with Gasteiger partial charge in [-0.05, 0) is 35.7 Å². The number of rotatable bonds is 5. The van der Waals surface area contributed by atoms with Crippen LogP contribution < -0.4 is 10.1 Å². The molecule has 0 aliphatic carbocycles. The highest BCUT2D eigenvalue weighted by molar-refractivity contribution is 7.21. The molecule has 2 heterocycles. The average molecular weight is 411 g/mol. The zero-order valence-electron chi connectivity index (χ0n) is 15.9. The van der Waals surface area contributed by atoms with Crippen molar-refractivity contribution in [2.75, 3.05) is 11.9 Å². The zero-order valence-corrected chi connectivity index (χ0v) is 16.7. The van der Waals surface area contributed by atoms with Crippen LogP contribution in [0.25, 0.3) is 31.7 Å². The van der Waals surface area contributed by atoms with E-state index in [-0.39, 0.29) is 12.5 Å². The monoisotopic (exact) mass is 411 g/mol. The molecule has 0 spiro atoms. The fourth-order valence-electron chi connectivity index (χ4n) is 3.29. The number of hydrogen-bond acceptors (Lipinski definition) is 5. The molecule has 0 atom stereocenters. The summed E-state index contributed by atoms with van der Waals surface area (Å²) in [6.07, 6.45) is 1.76. The number of fused-ring (bicyclic) bond motifs is 2. The Balaban J connectivity index is 1.30. The van der Waals surface area contributed by atoms with Gasteiger partial charge in [0.25, 0.3) is 5.91 Å². The van der Waals surface area contributed by atoms with Crippen molar-refractivity contribution >= 4 is 44.1 Å². The summed E-state index contributed by atoms with van der Waals surface area (Å²) in [7, 11) is 0. The van der Waals surface area contributed by atoms with E-state index in [9.17, 15) is 4.79 Å². The van der Waals surface area contributed by atoms with Crippen LogP contribution in [0.1, 0.15) is 0 Å². The summed E-state index contributed by atoms with van der Waals surface area (Å²) in [6.45, 7) is -0.0662. The van der Waals surface area contributed by atoms with Gasteiger partial charge in [0.2, 0.25) is 0 Å². The maximum absolute atomic E-state index is 12.5. The number of benzene rings is 3. The topological polar surface area (TPSA) is 64.1 Å². The molecular weight excluding hydrogens is 394 g/mol. The fourth-order valence-corrected chi connectivity index (χ4v) is 4.19. The first-order chi connectivity index (χ1) is 14.8. The first kappa shape index (κ1) is 18.3. The number of amides is 1. The van der Waals surface area contributed by atoms with E-state index < -0.39 is 0 Å². The summed E-state index contributed by atoms with van der Waals surface area (Å²) in [6, 6.07) is 25.2. The van der Waals surface area contributed by atoms with Gasteiger partial charge in [-0.25, -0.2) is 9.97 Å². The summed E-state index contributed by atoms with van der Waals surface area (Å²) >= 11 is 1.53. The van der Waals surface area contributed by atoms with E-state index in [4.69, 9.17) is 4.74 Å². The third-order valence-corrected chi connectivity index (χ3v) is 5.70. The number of thiazole rings is 1. The number of nitrogens with one attached hydrogen (secondary N) is 1. The molecule has 5 rings (SSSR count). The van der Waals surface area contributed by atoms with E-state index in [1.807, 2.05) is 78.9 Å². The summed E-state index contributed by atoms with van der Waals surface area (Å²) in [5.74, 6) is 0.477. The second kappa shape index (κ2) is 7.93. The van der Waals surface area contributed by atoms with Gasteiger partial charge in [0.1, 0.15) is 21.1 Å². The lowest BCUT2D eigenvalue weighted by molar-refractivity contribution is -0.118. The molecule has 3 aromatic carbocycles. The van der Waals surface area contributed by atoms with Crippen molar-refractivity contribution in [3.8, 4) is 16.3 Å². The van der Waals surface area contributed by atoms with Gasteiger partial charge in [-0.2, -0.15) is 0 Å². The lowest BCUT2D eigenvalue weighted by Crippen LogP contribution is -2.20. The fraction of sp³-hybridized carbons (Fsp3) is 0.0417. The maximum atomic E-state index is 12.5. The first-order valence-corrected chi connectivity index (χ1v) is 10.3. The molecule has 0 unspecified atom stereocenters. The third kappa shape index (κ3) is 3.73. The number of carbonyl (C=O) groups is 1. The minimum absolute atomic E-state index is 0.0662. The molecule has 0 saturated heterocycles. The van der Waals surface area contributed by atoms with Gasteiger partial charge in [0.05, 0.1) is 0 Å². The molecule has 6 heteroatoms. The lowest BCUT2D eigenvalue weighted by atomic mass is 10.1. The Labute approximate surface area is 177 Å². The molecular formula is C24H17N3O2S. The summed E-state index contributed by atoms with van der Waals surface area (Å²) in [5.41, 5.74) is 2.51. The van der Waals surface area contributed by atoms with Crippen LogP contribution in [0, 0.1) is 0 Å². The molecule has 1 amide bonds. The molecule has 0 fully saturated rings. The van der Waals surface area contributed by atoms with Crippen LogP contribution in [-0.4, -0.2) is 22.5 Å². The highest BCUT2D eigenvalue weighted by Crippen LogP contribution is 2.30. The molecule has 1 N–H and O–H groups in total. The van der Waals surface area contributed by atoms with Crippen molar-refractivity contribution in [1.82, 2.24) is 9.97 Å². The van der Waals surface area contributed by atoms with Crippen LogP contribution in [0.5, 0.6) is 5.75 Å². The molecule has 0 aliphatic rings. The van der Waals surface area contributed by atoms with Crippen molar-refractivity contribution in [1.29, 1.82) is 0 Å². The molecule has 0 radical (unpaired) electrons. The van der Waals surface area contributed by atoms with Crippen molar-refractivity contribution < 1.29 is 9.53 Å². The molecule has 2 aromatic heterocycles. The van der Waals surface area contributed by atoms with Crippen LogP contribution in [-0.2, 0) is 4.79 Å². The number of carbonyl (C=O) groups excluding carboxylic acids is 1. The predicted molar refractivity (Wildman–Crippen MR) is 121 cm³/mol. The van der Waals surface area contributed by atoms with Gasteiger partial charge in [-0.1, -0.05) is 59.9 Å². The Kier molecular flexibility index (Phi) is 4.83. The third-order valence-electron chi connectivity index (χ3n) is 4.67. The molecule has 5 aromatic rings. The van der Waals surface area contributed by atoms with Gasteiger partial charge < -0.3 is 10.1 Å². The zero-order chi connectivity index (χ0) is 20.3. The van der Waals surface area contributed by atoms with Gasteiger partial charge in [-0.15, -0.1) is 0 Å². The average Bonchev–Trinajstić information content (AvgIpc) is 3.22. The van der Waals surface area contributed by atoms with Crippen molar-refractivity contribution in [2.24, 2.45) is 0 Å². The Morgan fingerprint density at radius 1 is 0.967 bits per heavy atom. The Morgan fingerprint density at radius 3 is 2.77 bits per heavy atom. The Bertz CT molecular complexity index is 1320. The molecule has 5 nitrogen and oxygen atoms in total. The largest absolute Gasteiger partial charge is 0.483 e.